The number of nitro benzene ring substituents is 1. The number of amides is 2. The molecule has 0 radical (unpaired) electrons. The smallest absolute Gasteiger partial charge is 0.269 e. The predicted octanol–water partition coefficient (Wildman–Crippen LogP) is 2.71. The highest BCUT2D eigenvalue weighted by Gasteiger charge is 2.17. The Morgan fingerprint density at radius 1 is 1.28 bits per heavy atom. The summed E-state index contributed by atoms with van der Waals surface area (Å²) in [5, 5.41) is 13.5. The van der Waals surface area contributed by atoms with Crippen LogP contribution in [0.15, 0.2) is 30.3 Å². The van der Waals surface area contributed by atoms with Gasteiger partial charge in [-0.2, -0.15) is 0 Å². The Kier molecular flexibility index (Phi) is 5.60. The second kappa shape index (κ2) is 7.67. The van der Waals surface area contributed by atoms with Gasteiger partial charge in [0.25, 0.3) is 11.6 Å². The van der Waals surface area contributed by atoms with E-state index in [0.29, 0.717) is 21.3 Å². The number of non-ortho nitro benzene ring substituents is 1. The molecule has 0 atom stereocenters. The average molecular weight is 360 g/mol. The van der Waals surface area contributed by atoms with Crippen molar-refractivity contribution in [2.75, 3.05) is 19.4 Å². The number of thiazole rings is 1. The Labute approximate surface area is 147 Å². The number of nitro groups is 1. The van der Waals surface area contributed by atoms with Crippen LogP contribution in [-0.2, 0) is 4.79 Å². The first-order valence-corrected chi connectivity index (χ1v) is 8.02. The maximum atomic E-state index is 12.0. The normalized spacial score (nSPS) is 10.7. The predicted molar refractivity (Wildman–Crippen MR) is 95.6 cm³/mol. The minimum atomic E-state index is -0.488. The molecule has 8 nitrogen and oxygen atoms in total. The van der Waals surface area contributed by atoms with Gasteiger partial charge < -0.3 is 4.90 Å². The molecule has 2 rings (SSSR count). The van der Waals surface area contributed by atoms with Crippen LogP contribution in [0.5, 0.6) is 0 Å². The fourth-order valence-corrected chi connectivity index (χ4v) is 2.87. The summed E-state index contributed by atoms with van der Waals surface area (Å²) < 4.78 is 0. The van der Waals surface area contributed by atoms with Crippen LogP contribution in [0.4, 0.5) is 10.8 Å². The molecule has 0 aliphatic heterocycles. The molecule has 0 fully saturated rings. The molecule has 2 amide bonds. The Balaban J connectivity index is 2.04. The van der Waals surface area contributed by atoms with E-state index in [9.17, 15) is 19.7 Å². The maximum Gasteiger partial charge on any atom is 0.269 e. The summed E-state index contributed by atoms with van der Waals surface area (Å²) in [7, 11) is 3.29. The Morgan fingerprint density at radius 3 is 2.48 bits per heavy atom. The standard InChI is InChI=1S/C16H16N4O4S/c1-10-14(15(22)19(2)3)25-16(17-10)18-13(21)9-6-11-4-7-12(8-5-11)20(23)24/h4-9H,1-3H3,(H,17,18,21)/b9-6+. The number of hydrogen-bond acceptors (Lipinski definition) is 6. The molecule has 0 unspecified atom stereocenters. The number of carbonyl (C=O) groups excluding carboxylic acids is 2. The lowest BCUT2D eigenvalue weighted by Gasteiger charge is -2.07. The molecule has 25 heavy (non-hydrogen) atoms. The molecule has 1 aromatic heterocycles. The van der Waals surface area contributed by atoms with Gasteiger partial charge in [0.2, 0.25) is 5.91 Å². The summed E-state index contributed by atoms with van der Waals surface area (Å²) >= 11 is 1.11. The largest absolute Gasteiger partial charge is 0.344 e. The van der Waals surface area contributed by atoms with Gasteiger partial charge in [-0.25, -0.2) is 4.98 Å². The number of aryl methyl sites for hydroxylation is 1. The van der Waals surface area contributed by atoms with Crippen molar-refractivity contribution in [2.45, 2.75) is 6.92 Å². The summed E-state index contributed by atoms with van der Waals surface area (Å²) in [5.74, 6) is -0.576. The lowest BCUT2D eigenvalue weighted by Crippen LogP contribution is -2.21. The Morgan fingerprint density at radius 2 is 1.92 bits per heavy atom. The van der Waals surface area contributed by atoms with E-state index in [1.54, 1.807) is 33.2 Å². The molecule has 0 aliphatic rings. The molecule has 2 aromatic rings. The van der Waals surface area contributed by atoms with Crippen LogP contribution in [0.1, 0.15) is 20.9 Å². The number of rotatable bonds is 5. The molecule has 0 saturated heterocycles. The zero-order valence-electron chi connectivity index (χ0n) is 13.8. The zero-order chi connectivity index (χ0) is 18.6. The van der Waals surface area contributed by atoms with Crippen molar-refractivity contribution >= 4 is 40.0 Å². The van der Waals surface area contributed by atoms with E-state index >= 15 is 0 Å². The summed E-state index contributed by atoms with van der Waals surface area (Å²) in [4.78, 5) is 40.1. The quantitative estimate of drug-likeness (QED) is 0.501. The lowest BCUT2D eigenvalue weighted by atomic mass is 10.2. The van der Waals surface area contributed by atoms with Crippen molar-refractivity contribution in [3.8, 4) is 0 Å². The number of hydrogen-bond donors (Lipinski definition) is 1. The van der Waals surface area contributed by atoms with Gasteiger partial charge in [0.05, 0.1) is 10.6 Å². The van der Waals surface area contributed by atoms with Crippen LogP contribution in [0.2, 0.25) is 0 Å². The highest BCUT2D eigenvalue weighted by atomic mass is 32.1. The van der Waals surface area contributed by atoms with Crippen LogP contribution >= 0.6 is 11.3 Å². The molecule has 1 N–H and O–H groups in total. The van der Waals surface area contributed by atoms with Gasteiger partial charge >= 0.3 is 0 Å². The number of nitrogens with zero attached hydrogens (tertiary/aromatic N) is 3. The van der Waals surface area contributed by atoms with Crippen molar-refractivity contribution in [3.63, 3.8) is 0 Å². The topological polar surface area (TPSA) is 105 Å². The molecule has 0 aliphatic carbocycles. The van der Waals surface area contributed by atoms with Crippen LogP contribution < -0.4 is 5.32 Å². The van der Waals surface area contributed by atoms with Gasteiger partial charge in [-0.1, -0.05) is 11.3 Å². The van der Waals surface area contributed by atoms with Gasteiger partial charge in [0.1, 0.15) is 4.88 Å². The number of carbonyl (C=O) groups is 2. The molecule has 0 spiro atoms. The van der Waals surface area contributed by atoms with E-state index in [-0.39, 0.29) is 11.6 Å². The van der Waals surface area contributed by atoms with Crippen LogP contribution in [0.3, 0.4) is 0 Å². The van der Waals surface area contributed by atoms with Gasteiger partial charge in [-0.05, 0) is 30.7 Å². The first-order valence-electron chi connectivity index (χ1n) is 7.20. The van der Waals surface area contributed by atoms with Crippen molar-refractivity contribution in [2.24, 2.45) is 0 Å². The highest BCUT2D eigenvalue weighted by Crippen LogP contribution is 2.23. The molecule has 130 valence electrons. The number of aromatic nitrogens is 1. The Bertz CT molecular complexity index is 840. The number of nitrogens with one attached hydrogen (secondary N) is 1. The van der Waals surface area contributed by atoms with Gasteiger partial charge in [-0.15, -0.1) is 0 Å². The fraction of sp³-hybridized carbons (Fsp3) is 0.188. The summed E-state index contributed by atoms with van der Waals surface area (Å²) in [6.07, 6.45) is 2.83. The van der Waals surface area contributed by atoms with Crippen molar-refractivity contribution in [3.05, 3.63) is 56.6 Å². The van der Waals surface area contributed by atoms with Crippen LogP contribution in [-0.4, -0.2) is 40.7 Å². The second-order valence-corrected chi connectivity index (χ2v) is 6.30. The van der Waals surface area contributed by atoms with Crippen molar-refractivity contribution in [1.29, 1.82) is 0 Å². The van der Waals surface area contributed by atoms with Crippen molar-refractivity contribution < 1.29 is 14.5 Å². The summed E-state index contributed by atoms with van der Waals surface area (Å²) in [6, 6.07) is 5.81. The lowest BCUT2D eigenvalue weighted by molar-refractivity contribution is -0.384. The molecular weight excluding hydrogens is 344 g/mol. The van der Waals surface area contributed by atoms with Gasteiger partial charge in [-0.3, -0.25) is 25.0 Å². The molecule has 1 aromatic carbocycles. The van der Waals surface area contributed by atoms with Gasteiger partial charge in [0, 0.05) is 32.3 Å². The summed E-state index contributed by atoms with van der Waals surface area (Å²) in [6.45, 7) is 1.70. The minimum absolute atomic E-state index is 0.0158. The van der Waals surface area contributed by atoms with E-state index < -0.39 is 10.8 Å². The molecule has 1 heterocycles. The average Bonchev–Trinajstić information content (AvgIpc) is 2.92. The maximum absolute atomic E-state index is 12.0. The SMILES string of the molecule is Cc1nc(NC(=O)/C=C/c2ccc([N+](=O)[O-])cc2)sc1C(=O)N(C)C. The Hall–Kier alpha value is -3.07. The van der Waals surface area contributed by atoms with Crippen molar-refractivity contribution in [1.82, 2.24) is 9.88 Å². The minimum Gasteiger partial charge on any atom is -0.344 e. The van der Waals surface area contributed by atoms with E-state index in [1.165, 1.54) is 29.2 Å². The molecule has 9 heteroatoms. The second-order valence-electron chi connectivity index (χ2n) is 5.30. The van der Waals surface area contributed by atoms with E-state index in [4.69, 9.17) is 0 Å². The van der Waals surface area contributed by atoms with E-state index in [1.807, 2.05) is 0 Å². The fourth-order valence-electron chi connectivity index (χ4n) is 1.88. The van der Waals surface area contributed by atoms with Crippen LogP contribution in [0.25, 0.3) is 6.08 Å². The third kappa shape index (κ3) is 4.70. The molecule has 0 bridgehead atoms. The van der Waals surface area contributed by atoms with E-state index in [0.717, 1.165) is 11.3 Å². The highest BCUT2D eigenvalue weighted by molar-refractivity contribution is 7.17. The monoisotopic (exact) mass is 360 g/mol. The molecule has 0 saturated carbocycles. The first-order chi connectivity index (χ1) is 11.8. The molecular formula is C16H16N4O4S. The number of anilines is 1. The number of benzene rings is 1. The van der Waals surface area contributed by atoms with Gasteiger partial charge in [0.15, 0.2) is 5.13 Å². The van der Waals surface area contributed by atoms with E-state index in [2.05, 4.69) is 10.3 Å². The van der Waals surface area contributed by atoms with Crippen LogP contribution in [0, 0.1) is 17.0 Å². The third-order valence-corrected chi connectivity index (χ3v) is 4.22. The zero-order valence-corrected chi connectivity index (χ0v) is 14.7. The third-order valence-electron chi connectivity index (χ3n) is 3.16. The first kappa shape index (κ1) is 18.3. The summed E-state index contributed by atoms with van der Waals surface area (Å²) in [5.41, 5.74) is 1.19.